The molecular formula is C31H32ClF4N5O3. The van der Waals surface area contributed by atoms with E-state index in [0.717, 1.165) is 12.1 Å². The number of hydrogen-bond donors (Lipinski definition) is 0. The van der Waals surface area contributed by atoms with E-state index in [2.05, 4.69) is 11.6 Å². The van der Waals surface area contributed by atoms with Crippen LogP contribution in [0, 0.1) is 11.6 Å². The second kappa shape index (κ2) is 11.4. The van der Waals surface area contributed by atoms with Crippen molar-refractivity contribution in [1.82, 2.24) is 19.4 Å². The Morgan fingerprint density at radius 3 is 2.61 bits per heavy atom. The molecule has 2 fully saturated rings. The third kappa shape index (κ3) is 5.32. The van der Waals surface area contributed by atoms with Gasteiger partial charge in [-0.1, -0.05) is 18.2 Å². The first-order valence-electron chi connectivity index (χ1n) is 14.6. The Kier molecular flexibility index (Phi) is 7.86. The molecule has 0 radical (unpaired) electrons. The number of halogens is 5. The zero-order chi connectivity index (χ0) is 31.5. The second-order valence-corrected chi connectivity index (χ2v) is 12.3. The number of nitrogens with zero attached hydrogens (tertiary/aromatic N) is 5. The lowest BCUT2D eigenvalue weighted by Crippen LogP contribution is -2.58. The fourth-order valence-electron chi connectivity index (χ4n) is 6.60. The van der Waals surface area contributed by atoms with Crippen LogP contribution in [0.15, 0.2) is 41.7 Å². The number of likely N-dealkylation sites (tertiary alicyclic amines) is 1. The minimum atomic E-state index is -2.67. The van der Waals surface area contributed by atoms with Gasteiger partial charge in [-0.2, -0.15) is 4.98 Å². The molecule has 44 heavy (non-hydrogen) atoms. The van der Waals surface area contributed by atoms with Crippen LogP contribution in [0.5, 0.6) is 5.75 Å². The van der Waals surface area contributed by atoms with Crippen LogP contribution in [0.3, 0.4) is 0 Å². The van der Waals surface area contributed by atoms with Crippen LogP contribution in [-0.4, -0.2) is 82.6 Å². The standard InChI is InChI=1S/C31H32ClF4N5O3/c1-4-25(42)39-12-18(3)40(13-17(39)2)29-22-11-23(32)26(21-8-7-19(33)10-24(21)34)28-27(22)41(30(43)37-29)20(14-44-28)6-5-9-38-15-31(35,36)16-38/h4,7-8,10-11,17-18,20H,1,5-6,9,12-16H2,2-3H3/t17-,18+,20-/m1/s1. The van der Waals surface area contributed by atoms with Gasteiger partial charge in [-0.25, -0.2) is 22.4 Å². The summed E-state index contributed by atoms with van der Waals surface area (Å²) in [5.74, 6) is -3.92. The maximum Gasteiger partial charge on any atom is 0.350 e. The summed E-state index contributed by atoms with van der Waals surface area (Å²) in [6.45, 7) is 8.07. The molecule has 0 unspecified atom stereocenters. The summed E-state index contributed by atoms with van der Waals surface area (Å²) in [4.78, 5) is 36.1. The quantitative estimate of drug-likeness (QED) is 0.261. The summed E-state index contributed by atoms with van der Waals surface area (Å²) in [6, 6.07) is 3.85. The van der Waals surface area contributed by atoms with Gasteiger partial charge < -0.3 is 14.5 Å². The van der Waals surface area contributed by atoms with E-state index in [1.165, 1.54) is 16.7 Å². The van der Waals surface area contributed by atoms with E-state index in [1.807, 2.05) is 18.7 Å². The number of amides is 1. The Morgan fingerprint density at radius 1 is 1.18 bits per heavy atom. The molecule has 8 nitrogen and oxygen atoms in total. The first-order chi connectivity index (χ1) is 20.9. The number of hydrogen-bond acceptors (Lipinski definition) is 6. The topological polar surface area (TPSA) is 70.9 Å². The van der Waals surface area contributed by atoms with Gasteiger partial charge >= 0.3 is 5.69 Å². The van der Waals surface area contributed by atoms with Crippen molar-refractivity contribution >= 4 is 34.2 Å². The molecule has 2 saturated heterocycles. The number of alkyl halides is 2. The lowest BCUT2D eigenvalue weighted by atomic mass is 9.98. The van der Waals surface area contributed by atoms with Crippen LogP contribution in [0.4, 0.5) is 23.4 Å². The zero-order valence-electron chi connectivity index (χ0n) is 24.3. The highest BCUT2D eigenvalue weighted by Gasteiger charge is 2.43. The number of carbonyl (C=O) groups excluding carboxylic acids is 1. The van der Waals surface area contributed by atoms with Crippen LogP contribution in [0.2, 0.25) is 5.02 Å². The number of ether oxygens (including phenoxy) is 1. The molecule has 1 aromatic heterocycles. The summed E-state index contributed by atoms with van der Waals surface area (Å²) in [7, 11) is 0. The number of benzene rings is 2. The molecule has 234 valence electrons. The van der Waals surface area contributed by atoms with Crippen molar-refractivity contribution in [3.05, 3.63) is 64.1 Å². The van der Waals surface area contributed by atoms with Crippen LogP contribution < -0.4 is 15.3 Å². The monoisotopic (exact) mass is 633 g/mol. The molecule has 0 saturated carbocycles. The van der Waals surface area contributed by atoms with Gasteiger partial charge in [0.05, 0.1) is 29.7 Å². The predicted molar refractivity (Wildman–Crippen MR) is 160 cm³/mol. The first kappa shape index (κ1) is 30.4. The summed E-state index contributed by atoms with van der Waals surface area (Å²) in [6.07, 6.45) is 2.26. The number of anilines is 1. The van der Waals surface area contributed by atoms with Gasteiger partial charge in [0, 0.05) is 47.8 Å². The fraction of sp³-hybridized carbons (Fsp3) is 0.452. The Bertz CT molecular complexity index is 1710. The van der Waals surface area contributed by atoms with Crippen molar-refractivity contribution in [2.24, 2.45) is 0 Å². The summed E-state index contributed by atoms with van der Waals surface area (Å²) < 4.78 is 63.3. The Hall–Kier alpha value is -3.64. The van der Waals surface area contributed by atoms with Gasteiger partial charge in [0.25, 0.3) is 5.92 Å². The SMILES string of the molecule is C=CC(=O)N1C[C@H](C)N(c2nc(=O)n3c4c(c(-c5ccc(F)cc5F)c(Cl)cc24)OC[C@H]3CCCN2CC(F)(F)C2)C[C@H]1C. The van der Waals surface area contributed by atoms with E-state index >= 15 is 4.39 Å². The van der Waals surface area contributed by atoms with Gasteiger partial charge in [0.1, 0.15) is 24.1 Å². The summed E-state index contributed by atoms with van der Waals surface area (Å²) in [5, 5.41) is 0.634. The molecule has 0 aliphatic carbocycles. The van der Waals surface area contributed by atoms with Crippen LogP contribution in [0.25, 0.3) is 22.0 Å². The molecular weight excluding hydrogens is 602 g/mol. The van der Waals surface area contributed by atoms with E-state index in [9.17, 15) is 22.8 Å². The van der Waals surface area contributed by atoms with E-state index in [-0.39, 0.29) is 59.6 Å². The molecule has 4 heterocycles. The second-order valence-electron chi connectivity index (χ2n) is 11.9. The normalized spacial score (nSPS) is 22.9. The van der Waals surface area contributed by atoms with Crippen molar-refractivity contribution in [3.8, 4) is 16.9 Å². The fourth-order valence-corrected chi connectivity index (χ4v) is 6.89. The third-order valence-electron chi connectivity index (χ3n) is 8.72. The molecule has 3 aromatic rings. The van der Waals surface area contributed by atoms with Crippen molar-refractivity contribution in [1.29, 1.82) is 0 Å². The van der Waals surface area contributed by atoms with Gasteiger partial charge in [-0.15, -0.1) is 0 Å². The highest BCUT2D eigenvalue weighted by Crippen LogP contribution is 2.47. The molecule has 3 aliphatic rings. The van der Waals surface area contributed by atoms with Gasteiger partial charge in [0.15, 0.2) is 5.75 Å². The maximum atomic E-state index is 15.1. The predicted octanol–water partition coefficient (Wildman–Crippen LogP) is 5.27. The van der Waals surface area contributed by atoms with Crippen LogP contribution in [-0.2, 0) is 4.79 Å². The van der Waals surface area contributed by atoms with Crippen LogP contribution >= 0.6 is 11.6 Å². The minimum Gasteiger partial charge on any atom is -0.488 e. The summed E-state index contributed by atoms with van der Waals surface area (Å²) >= 11 is 6.80. The largest absolute Gasteiger partial charge is 0.488 e. The maximum absolute atomic E-state index is 15.1. The zero-order valence-corrected chi connectivity index (χ0v) is 25.1. The first-order valence-corrected chi connectivity index (χ1v) is 14.9. The molecule has 3 atom stereocenters. The molecule has 6 rings (SSSR count). The Balaban J connectivity index is 1.46. The molecule has 1 amide bonds. The van der Waals surface area contributed by atoms with Crippen molar-refractivity contribution in [2.75, 3.05) is 44.2 Å². The minimum absolute atomic E-state index is 0.0152. The lowest BCUT2D eigenvalue weighted by Gasteiger charge is -2.45. The highest BCUT2D eigenvalue weighted by atomic mass is 35.5. The van der Waals surface area contributed by atoms with E-state index in [1.54, 1.807) is 15.9 Å². The number of rotatable bonds is 7. The van der Waals surface area contributed by atoms with Crippen molar-refractivity contribution < 1.29 is 27.1 Å². The van der Waals surface area contributed by atoms with E-state index in [0.29, 0.717) is 49.2 Å². The molecule has 2 aromatic carbocycles. The number of piperazine rings is 1. The lowest BCUT2D eigenvalue weighted by molar-refractivity contribution is -0.130. The average Bonchev–Trinajstić information content (AvgIpc) is 2.95. The smallest absolute Gasteiger partial charge is 0.350 e. The van der Waals surface area contributed by atoms with Crippen molar-refractivity contribution in [2.45, 2.75) is 50.7 Å². The summed E-state index contributed by atoms with van der Waals surface area (Å²) in [5.41, 5.74) is 0.0292. The molecule has 3 aliphatic heterocycles. The Labute approximate surface area is 256 Å². The highest BCUT2D eigenvalue weighted by molar-refractivity contribution is 6.35. The molecule has 13 heteroatoms. The van der Waals surface area contributed by atoms with Gasteiger partial charge in [-0.3, -0.25) is 14.3 Å². The molecule has 0 N–H and O–H groups in total. The number of carbonyl (C=O) groups is 1. The van der Waals surface area contributed by atoms with E-state index in [4.69, 9.17) is 16.3 Å². The third-order valence-corrected chi connectivity index (χ3v) is 9.02. The Morgan fingerprint density at radius 2 is 1.93 bits per heavy atom. The van der Waals surface area contributed by atoms with Crippen molar-refractivity contribution in [3.63, 3.8) is 0 Å². The van der Waals surface area contributed by atoms with Gasteiger partial charge in [-0.05, 0) is 57.5 Å². The van der Waals surface area contributed by atoms with Crippen LogP contribution in [0.1, 0.15) is 32.7 Å². The molecule has 0 spiro atoms. The number of aromatic nitrogens is 2. The average molecular weight is 634 g/mol. The van der Waals surface area contributed by atoms with Gasteiger partial charge in [0.2, 0.25) is 5.91 Å². The molecule has 0 bridgehead atoms. The van der Waals surface area contributed by atoms with E-state index < -0.39 is 29.3 Å².